The first-order valence-corrected chi connectivity index (χ1v) is 15.4. The van der Waals surface area contributed by atoms with Crippen molar-refractivity contribution in [2.45, 2.75) is 105 Å². The Labute approximate surface area is 255 Å². The first kappa shape index (κ1) is 35.8. The van der Waals surface area contributed by atoms with E-state index in [-0.39, 0.29) is 36.8 Å². The van der Waals surface area contributed by atoms with Crippen LogP contribution in [0.1, 0.15) is 81.1 Å². The Morgan fingerprint density at radius 2 is 1.58 bits per heavy atom. The molecule has 2 rings (SSSR count). The van der Waals surface area contributed by atoms with Crippen LogP contribution in [0, 0.1) is 29.1 Å². The fourth-order valence-corrected chi connectivity index (χ4v) is 5.43. The van der Waals surface area contributed by atoms with Gasteiger partial charge in [-0.05, 0) is 48.9 Å². The SMILES string of the molecule is CCOC(=O)NC[C@@H](NC(=O)N[C@H](C(=O)N1CC[C@H](C(C)C)[C@H]1C(=O)NC(CC1CC1)C(=O)C(N)=O)C(C)(C)C)C(C)C. The topological polar surface area (TPSA) is 189 Å². The average Bonchev–Trinajstić information content (AvgIpc) is 3.60. The maximum Gasteiger partial charge on any atom is 0.407 e. The van der Waals surface area contributed by atoms with Crippen molar-refractivity contribution in [3.05, 3.63) is 0 Å². The van der Waals surface area contributed by atoms with Crippen LogP contribution in [-0.4, -0.2) is 84.4 Å². The van der Waals surface area contributed by atoms with Crippen molar-refractivity contribution in [1.29, 1.82) is 0 Å². The lowest BCUT2D eigenvalue weighted by molar-refractivity contribution is -0.144. The Morgan fingerprint density at radius 3 is 2.07 bits per heavy atom. The predicted molar refractivity (Wildman–Crippen MR) is 160 cm³/mol. The number of urea groups is 1. The second kappa shape index (κ2) is 15.4. The standard InChI is InChI=1S/C30H52N6O7/c1-9-43-29(42)32-15-21(17(4)5)34-28(41)35-24(30(6,7)8)27(40)36-13-12-19(16(2)3)22(36)26(39)33-20(14-18-10-11-18)23(37)25(31)38/h16-22,24H,9-15H2,1-8H3,(H2,31,38)(H,32,42)(H,33,39)(H2,34,35,41)/t19-,20?,21-,22+,24-/m1/s1. The molecule has 0 aromatic rings. The Balaban J connectivity index is 2.25. The molecule has 43 heavy (non-hydrogen) atoms. The Bertz CT molecular complexity index is 1040. The van der Waals surface area contributed by atoms with E-state index in [1.165, 1.54) is 4.90 Å². The van der Waals surface area contributed by atoms with Gasteiger partial charge in [-0.3, -0.25) is 19.2 Å². The molecule has 13 nitrogen and oxygen atoms in total. The van der Waals surface area contributed by atoms with Gasteiger partial charge in [0.15, 0.2) is 0 Å². The minimum Gasteiger partial charge on any atom is -0.450 e. The third-order valence-electron chi connectivity index (χ3n) is 8.25. The summed E-state index contributed by atoms with van der Waals surface area (Å²) in [5, 5.41) is 11.0. The zero-order chi connectivity index (χ0) is 32.6. The smallest absolute Gasteiger partial charge is 0.407 e. The number of rotatable bonds is 14. The van der Waals surface area contributed by atoms with Gasteiger partial charge in [0.2, 0.25) is 17.6 Å². The number of primary amides is 1. The molecule has 2 aliphatic rings. The van der Waals surface area contributed by atoms with Gasteiger partial charge >= 0.3 is 12.1 Å². The van der Waals surface area contributed by atoms with Gasteiger partial charge in [0.1, 0.15) is 12.1 Å². The second-order valence-electron chi connectivity index (χ2n) is 13.5. The lowest BCUT2D eigenvalue weighted by atomic mass is 9.84. The van der Waals surface area contributed by atoms with Crippen molar-refractivity contribution >= 4 is 35.6 Å². The molecule has 6 N–H and O–H groups in total. The van der Waals surface area contributed by atoms with E-state index in [9.17, 15) is 28.8 Å². The van der Waals surface area contributed by atoms with Crippen LogP contribution in [0.5, 0.6) is 0 Å². The summed E-state index contributed by atoms with van der Waals surface area (Å²) < 4.78 is 4.90. The van der Waals surface area contributed by atoms with E-state index in [1.54, 1.807) is 6.92 Å². The molecule has 0 bridgehead atoms. The second-order valence-corrected chi connectivity index (χ2v) is 13.5. The summed E-state index contributed by atoms with van der Waals surface area (Å²) in [6.45, 7) is 15.5. The fourth-order valence-electron chi connectivity index (χ4n) is 5.43. The molecule has 5 atom stereocenters. The molecule has 1 aliphatic carbocycles. The number of Topliss-reactive ketones (excluding diaryl/α,β-unsaturated/α-hetero) is 1. The van der Waals surface area contributed by atoms with E-state index in [0.29, 0.717) is 19.4 Å². The molecule has 2 fully saturated rings. The summed E-state index contributed by atoms with van der Waals surface area (Å²) in [6, 6.07) is -3.95. The number of nitrogens with zero attached hydrogens (tertiary/aromatic N) is 1. The normalized spacial score (nSPS) is 20.7. The largest absolute Gasteiger partial charge is 0.450 e. The molecule has 244 valence electrons. The zero-order valence-electron chi connectivity index (χ0n) is 27.0. The number of hydrogen-bond donors (Lipinski definition) is 5. The van der Waals surface area contributed by atoms with Crippen LogP contribution >= 0.6 is 0 Å². The number of carbonyl (C=O) groups is 6. The maximum atomic E-state index is 14.1. The number of likely N-dealkylation sites (tertiary alicyclic amines) is 1. The molecule has 0 spiro atoms. The lowest BCUT2D eigenvalue weighted by Crippen LogP contribution is -2.62. The van der Waals surface area contributed by atoms with Crippen LogP contribution in [0.4, 0.5) is 9.59 Å². The third kappa shape index (κ3) is 10.4. The van der Waals surface area contributed by atoms with Crippen molar-refractivity contribution in [1.82, 2.24) is 26.2 Å². The van der Waals surface area contributed by atoms with Crippen LogP contribution in [0.15, 0.2) is 0 Å². The van der Waals surface area contributed by atoms with Crippen molar-refractivity contribution < 1.29 is 33.5 Å². The summed E-state index contributed by atoms with van der Waals surface area (Å²) in [5.74, 6) is -2.82. The van der Waals surface area contributed by atoms with Crippen molar-refractivity contribution in [2.75, 3.05) is 19.7 Å². The van der Waals surface area contributed by atoms with Gasteiger partial charge in [0.05, 0.1) is 18.7 Å². The van der Waals surface area contributed by atoms with E-state index in [2.05, 4.69) is 21.3 Å². The molecule has 13 heteroatoms. The van der Waals surface area contributed by atoms with E-state index in [4.69, 9.17) is 10.5 Å². The molecule has 1 saturated carbocycles. The van der Waals surface area contributed by atoms with Crippen LogP contribution in [0.2, 0.25) is 0 Å². The van der Waals surface area contributed by atoms with Gasteiger partial charge in [-0.2, -0.15) is 0 Å². The van der Waals surface area contributed by atoms with Gasteiger partial charge < -0.3 is 36.6 Å². The van der Waals surface area contributed by atoms with Crippen molar-refractivity contribution in [2.24, 2.45) is 34.8 Å². The molecular formula is C30H52N6O7. The summed E-state index contributed by atoms with van der Waals surface area (Å²) in [5.41, 5.74) is 4.55. The van der Waals surface area contributed by atoms with Crippen LogP contribution in [-0.2, 0) is 23.9 Å². The van der Waals surface area contributed by atoms with E-state index in [0.717, 1.165) is 12.8 Å². The van der Waals surface area contributed by atoms with Gasteiger partial charge in [-0.15, -0.1) is 0 Å². The monoisotopic (exact) mass is 608 g/mol. The van der Waals surface area contributed by atoms with Crippen LogP contribution in [0.3, 0.4) is 0 Å². The number of amides is 6. The Kier molecular flexibility index (Phi) is 12.8. The van der Waals surface area contributed by atoms with Gasteiger partial charge in [-0.1, -0.05) is 61.3 Å². The Morgan fingerprint density at radius 1 is 0.953 bits per heavy atom. The summed E-state index contributed by atoms with van der Waals surface area (Å²) in [7, 11) is 0. The van der Waals surface area contributed by atoms with Crippen molar-refractivity contribution in [3.8, 4) is 0 Å². The molecule has 1 saturated heterocycles. The highest BCUT2D eigenvalue weighted by atomic mass is 16.5. The maximum absolute atomic E-state index is 14.1. The molecule has 0 radical (unpaired) electrons. The number of nitrogens with one attached hydrogen (secondary N) is 4. The third-order valence-corrected chi connectivity index (χ3v) is 8.25. The van der Waals surface area contributed by atoms with E-state index < -0.39 is 65.2 Å². The molecule has 1 heterocycles. The minimum atomic E-state index is -1.11. The van der Waals surface area contributed by atoms with Crippen molar-refractivity contribution in [3.63, 3.8) is 0 Å². The zero-order valence-corrected chi connectivity index (χ0v) is 27.0. The van der Waals surface area contributed by atoms with Gasteiger partial charge in [0.25, 0.3) is 5.91 Å². The van der Waals surface area contributed by atoms with E-state index in [1.807, 2.05) is 48.5 Å². The molecule has 1 unspecified atom stereocenters. The highest BCUT2D eigenvalue weighted by Gasteiger charge is 2.48. The lowest BCUT2D eigenvalue weighted by Gasteiger charge is -2.37. The summed E-state index contributed by atoms with van der Waals surface area (Å²) >= 11 is 0. The van der Waals surface area contributed by atoms with E-state index >= 15 is 0 Å². The number of ketones is 1. The summed E-state index contributed by atoms with van der Waals surface area (Å²) in [4.78, 5) is 78.6. The van der Waals surface area contributed by atoms with Gasteiger partial charge in [-0.25, -0.2) is 9.59 Å². The molecule has 0 aromatic heterocycles. The fraction of sp³-hybridized carbons (Fsp3) is 0.800. The van der Waals surface area contributed by atoms with Crippen LogP contribution in [0.25, 0.3) is 0 Å². The number of ether oxygens (including phenoxy) is 1. The summed E-state index contributed by atoms with van der Waals surface area (Å²) in [6.07, 6.45) is 2.14. The molecular weight excluding hydrogens is 556 g/mol. The number of nitrogens with two attached hydrogens (primary N) is 1. The number of alkyl carbamates (subject to hydrolysis) is 1. The Hall–Kier alpha value is -3.38. The highest BCUT2D eigenvalue weighted by Crippen LogP contribution is 2.35. The molecule has 6 amide bonds. The highest BCUT2D eigenvalue weighted by molar-refractivity contribution is 6.37. The molecule has 0 aromatic carbocycles. The quantitative estimate of drug-likeness (QED) is 0.185. The van der Waals surface area contributed by atoms with Crippen LogP contribution < -0.4 is 27.0 Å². The first-order valence-electron chi connectivity index (χ1n) is 15.4. The average molecular weight is 609 g/mol. The van der Waals surface area contributed by atoms with Gasteiger partial charge in [0, 0.05) is 13.1 Å². The predicted octanol–water partition coefficient (Wildman–Crippen LogP) is 1.68. The number of hydrogen-bond acceptors (Lipinski definition) is 7. The molecule has 1 aliphatic heterocycles. The first-order chi connectivity index (χ1) is 20.0. The minimum absolute atomic E-state index is 0.0402. The number of carbonyl (C=O) groups excluding carboxylic acids is 6.